The van der Waals surface area contributed by atoms with Crippen LogP contribution in [0.4, 0.5) is 0 Å². The number of carbonyl (C=O) groups is 1. The Morgan fingerprint density at radius 3 is 3.15 bits per heavy atom. The molecule has 0 bridgehead atoms. The average molecular weight is 274 g/mol. The Kier molecular flexibility index (Phi) is 3.09. The molecule has 104 valence electrons. The van der Waals surface area contributed by atoms with Crippen LogP contribution in [0.25, 0.3) is 5.52 Å². The first-order valence-corrected chi connectivity index (χ1v) is 6.50. The van der Waals surface area contributed by atoms with Gasteiger partial charge in [-0.1, -0.05) is 0 Å². The van der Waals surface area contributed by atoms with Gasteiger partial charge in [0.05, 0.1) is 30.1 Å². The first-order chi connectivity index (χ1) is 9.66. The third-order valence-corrected chi connectivity index (χ3v) is 3.66. The number of nitrogens with zero attached hydrogens (tertiary/aromatic N) is 4. The topological polar surface area (TPSA) is 80.8 Å². The van der Waals surface area contributed by atoms with Crippen molar-refractivity contribution in [2.45, 2.75) is 18.9 Å². The van der Waals surface area contributed by atoms with Crippen LogP contribution in [0.1, 0.15) is 23.2 Å². The number of imidazole rings is 1. The molecular formula is C13H14N4O3. The Balaban J connectivity index is 1.88. The summed E-state index contributed by atoms with van der Waals surface area (Å²) in [4.78, 5) is 28.7. The summed E-state index contributed by atoms with van der Waals surface area (Å²) in [5, 5.41) is 10.9. The van der Waals surface area contributed by atoms with Gasteiger partial charge in [0.15, 0.2) is 0 Å². The molecule has 3 rings (SSSR count). The summed E-state index contributed by atoms with van der Waals surface area (Å²) in [7, 11) is 0. The van der Waals surface area contributed by atoms with Gasteiger partial charge in [0.2, 0.25) is 6.04 Å². The highest BCUT2D eigenvalue weighted by molar-refractivity contribution is 6.00. The fourth-order valence-electron chi connectivity index (χ4n) is 2.61. The van der Waals surface area contributed by atoms with Gasteiger partial charge in [-0.2, -0.15) is 0 Å². The maximum atomic E-state index is 12.5. The quantitative estimate of drug-likeness (QED) is 0.609. The van der Waals surface area contributed by atoms with Gasteiger partial charge in [-0.05, 0) is 18.6 Å². The van der Waals surface area contributed by atoms with E-state index in [1.54, 1.807) is 34.0 Å². The molecule has 0 radical (unpaired) electrons. The summed E-state index contributed by atoms with van der Waals surface area (Å²) in [6, 6.07) is 2.85. The van der Waals surface area contributed by atoms with Crippen molar-refractivity contribution >= 4 is 11.4 Å². The highest BCUT2D eigenvalue weighted by atomic mass is 16.6. The maximum Gasteiger partial charge on any atom is 0.256 e. The number of pyridine rings is 1. The molecule has 0 spiro atoms. The lowest BCUT2D eigenvalue weighted by atomic mass is 10.1. The van der Waals surface area contributed by atoms with Crippen molar-refractivity contribution in [1.82, 2.24) is 14.3 Å². The Morgan fingerprint density at radius 2 is 2.35 bits per heavy atom. The van der Waals surface area contributed by atoms with Crippen LogP contribution in [0.15, 0.2) is 30.9 Å². The lowest BCUT2D eigenvalue weighted by molar-refractivity contribution is -0.525. The zero-order chi connectivity index (χ0) is 14.1. The monoisotopic (exact) mass is 274 g/mol. The molecule has 0 N–H and O–H groups in total. The standard InChI is InChI=1S/C13H14N4O3/c18-13(15-5-1-3-10(8-15)17(19)20)11-4-2-6-16-9-14-7-12(11)16/h2,4,6-7,9-10H,1,3,5,8H2. The van der Waals surface area contributed by atoms with Gasteiger partial charge in [-0.3, -0.25) is 14.9 Å². The van der Waals surface area contributed by atoms with Gasteiger partial charge < -0.3 is 9.30 Å². The van der Waals surface area contributed by atoms with Gasteiger partial charge >= 0.3 is 0 Å². The first kappa shape index (κ1) is 12.6. The molecule has 7 nitrogen and oxygen atoms in total. The van der Waals surface area contributed by atoms with Crippen molar-refractivity contribution in [2.75, 3.05) is 13.1 Å². The van der Waals surface area contributed by atoms with Crippen LogP contribution in [0.3, 0.4) is 0 Å². The van der Waals surface area contributed by atoms with Crippen molar-refractivity contribution in [3.63, 3.8) is 0 Å². The number of piperidine rings is 1. The van der Waals surface area contributed by atoms with E-state index in [1.807, 2.05) is 6.20 Å². The van der Waals surface area contributed by atoms with E-state index < -0.39 is 6.04 Å². The predicted octanol–water partition coefficient (Wildman–Crippen LogP) is 1.22. The number of amides is 1. The molecule has 20 heavy (non-hydrogen) atoms. The van der Waals surface area contributed by atoms with E-state index in [2.05, 4.69) is 4.98 Å². The summed E-state index contributed by atoms with van der Waals surface area (Å²) in [5.74, 6) is -0.164. The normalized spacial score (nSPS) is 19.2. The second kappa shape index (κ2) is 4.92. The maximum absolute atomic E-state index is 12.5. The number of aromatic nitrogens is 2. The minimum Gasteiger partial charge on any atom is -0.332 e. The number of fused-ring (bicyclic) bond motifs is 1. The number of rotatable bonds is 2. The third kappa shape index (κ3) is 2.11. The molecule has 0 aromatic carbocycles. The number of likely N-dealkylation sites (tertiary alicyclic amines) is 1. The van der Waals surface area contributed by atoms with Gasteiger partial charge in [-0.25, -0.2) is 4.98 Å². The van der Waals surface area contributed by atoms with Crippen LogP contribution >= 0.6 is 0 Å². The first-order valence-electron chi connectivity index (χ1n) is 6.50. The molecule has 1 fully saturated rings. The van der Waals surface area contributed by atoms with Gasteiger partial charge in [-0.15, -0.1) is 0 Å². The molecule has 1 amide bonds. The lowest BCUT2D eigenvalue weighted by Crippen LogP contribution is -2.45. The Morgan fingerprint density at radius 1 is 1.50 bits per heavy atom. The Bertz CT molecular complexity index is 666. The van der Waals surface area contributed by atoms with Crippen molar-refractivity contribution in [2.24, 2.45) is 0 Å². The molecule has 2 aromatic heterocycles. The van der Waals surface area contributed by atoms with Crippen LogP contribution < -0.4 is 0 Å². The van der Waals surface area contributed by atoms with E-state index in [0.29, 0.717) is 24.9 Å². The number of carbonyl (C=O) groups excluding carboxylic acids is 1. The van der Waals surface area contributed by atoms with Crippen LogP contribution in [0.5, 0.6) is 0 Å². The van der Waals surface area contributed by atoms with Crippen molar-refractivity contribution in [1.29, 1.82) is 0 Å². The molecule has 7 heteroatoms. The Labute approximate surface area is 115 Å². The van der Waals surface area contributed by atoms with E-state index in [1.165, 1.54) is 0 Å². The molecule has 0 aliphatic carbocycles. The lowest BCUT2D eigenvalue weighted by Gasteiger charge is -2.28. The highest BCUT2D eigenvalue weighted by Crippen LogP contribution is 2.18. The van der Waals surface area contributed by atoms with E-state index in [-0.39, 0.29) is 17.4 Å². The fourth-order valence-corrected chi connectivity index (χ4v) is 2.61. The fraction of sp³-hybridized carbons (Fsp3) is 0.385. The van der Waals surface area contributed by atoms with Crippen molar-refractivity contribution in [3.05, 3.63) is 46.5 Å². The minimum atomic E-state index is -0.655. The number of hydrogen-bond donors (Lipinski definition) is 0. The average Bonchev–Trinajstić information content (AvgIpc) is 2.95. The molecule has 1 aliphatic rings. The predicted molar refractivity (Wildman–Crippen MR) is 71.1 cm³/mol. The molecule has 1 atom stereocenters. The van der Waals surface area contributed by atoms with Crippen molar-refractivity contribution < 1.29 is 9.72 Å². The van der Waals surface area contributed by atoms with Gasteiger partial charge in [0, 0.05) is 24.1 Å². The second-order valence-electron chi connectivity index (χ2n) is 4.94. The molecule has 1 unspecified atom stereocenters. The summed E-state index contributed by atoms with van der Waals surface area (Å²) >= 11 is 0. The molecule has 0 saturated carbocycles. The van der Waals surface area contributed by atoms with Crippen LogP contribution in [0.2, 0.25) is 0 Å². The second-order valence-corrected chi connectivity index (χ2v) is 4.94. The largest absolute Gasteiger partial charge is 0.332 e. The van der Waals surface area contributed by atoms with E-state index in [9.17, 15) is 14.9 Å². The number of hydrogen-bond acceptors (Lipinski definition) is 4. The smallest absolute Gasteiger partial charge is 0.256 e. The molecule has 1 saturated heterocycles. The number of nitro groups is 1. The molecule has 1 aliphatic heterocycles. The SMILES string of the molecule is O=C(c1cccn2cncc12)N1CCCC([N+](=O)[O-])C1. The zero-order valence-corrected chi connectivity index (χ0v) is 10.8. The summed E-state index contributed by atoms with van der Waals surface area (Å²) < 4.78 is 1.77. The van der Waals surface area contributed by atoms with Crippen LogP contribution in [-0.4, -0.2) is 44.2 Å². The van der Waals surface area contributed by atoms with Gasteiger partial charge in [0.25, 0.3) is 5.91 Å². The van der Waals surface area contributed by atoms with Crippen LogP contribution in [-0.2, 0) is 0 Å². The van der Waals surface area contributed by atoms with Crippen molar-refractivity contribution in [3.8, 4) is 0 Å². The third-order valence-electron chi connectivity index (χ3n) is 3.66. The van der Waals surface area contributed by atoms with E-state index in [0.717, 1.165) is 5.52 Å². The highest BCUT2D eigenvalue weighted by Gasteiger charge is 2.31. The van der Waals surface area contributed by atoms with Gasteiger partial charge in [0.1, 0.15) is 0 Å². The molecule has 2 aromatic rings. The molecule has 3 heterocycles. The minimum absolute atomic E-state index is 0.164. The summed E-state index contributed by atoms with van der Waals surface area (Å²) in [5.41, 5.74) is 1.26. The Hall–Kier alpha value is -2.44. The van der Waals surface area contributed by atoms with Crippen LogP contribution in [0, 0.1) is 10.1 Å². The molecular weight excluding hydrogens is 260 g/mol. The summed E-state index contributed by atoms with van der Waals surface area (Å²) in [6.45, 7) is 0.749. The van der Waals surface area contributed by atoms with E-state index in [4.69, 9.17) is 0 Å². The summed E-state index contributed by atoms with van der Waals surface area (Å²) in [6.07, 6.45) is 6.27. The zero-order valence-electron chi connectivity index (χ0n) is 10.8. The van der Waals surface area contributed by atoms with E-state index >= 15 is 0 Å².